The molecule has 2 aromatic carbocycles. The maximum Gasteiger partial charge on any atom is 0.409 e. The number of benzene rings is 2. The predicted molar refractivity (Wildman–Crippen MR) is 92.6 cm³/mol. The Morgan fingerprint density at radius 3 is 2.12 bits per heavy atom. The lowest BCUT2D eigenvalue weighted by atomic mass is 9.98. The Morgan fingerprint density at radius 1 is 1.00 bits per heavy atom. The number of rotatable bonds is 2. The first-order valence-corrected chi connectivity index (χ1v) is 8.67. The van der Waals surface area contributed by atoms with Gasteiger partial charge in [-0.25, -0.2) is 4.79 Å². The van der Waals surface area contributed by atoms with Crippen LogP contribution in [0.4, 0.5) is 4.79 Å². The molecule has 4 rings (SSSR count). The standard InChI is InChI=1S/C20H22N2O2/c21-14-9-11-22(12-10-14)20(23)24-13-19-17-7-3-1-5-15(17)16-6-2-4-8-18(16)19/h1-8,14,19H,9-13,21H2/p+1. The number of hydrogen-bond donors (Lipinski definition) is 1. The first-order chi connectivity index (χ1) is 11.7. The van der Waals surface area contributed by atoms with Crippen LogP contribution in [0.25, 0.3) is 11.1 Å². The van der Waals surface area contributed by atoms with Gasteiger partial charge in [0.05, 0.1) is 6.04 Å². The van der Waals surface area contributed by atoms with Gasteiger partial charge in [-0.3, -0.25) is 0 Å². The van der Waals surface area contributed by atoms with Gasteiger partial charge in [-0.15, -0.1) is 0 Å². The number of ether oxygens (including phenoxy) is 1. The van der Waals surface area contributed by atoms with E-state index in [4.69, 9.17) is 4.74 Å². The average Bonchev–Trinajstić information content (AvgIpc) is 2.94. The lowest BCUT2D eigenvalue weighted by molar-refractivity contribution is -0.425. The normalized spacial score (nSPS) is 17.5. The van der Waals surface area contributed by atoms with Crippen LogP contribution in [-0.4, -0.2) is 36.7 Å². The number of carbonyl (C=O) groups is 1. The highest BCUT2D eigenvalue weighted by Gasteiger charge is 2.30. The molecule has 0 spiro atoms. The maximum absolute atomic E-state index is 12.4. The van der Waals surface area contributed by atoms with Crippen LogP contribution in [-0.2, 0) is 4.74 Å². The number of quaternary nitrogens is 1. The molecule has 1 amide bonds. The van der Waals surface area contributed by atoms with Crippen LogP contribution in [0.15, 0.2) is 48.5 Å². The van der Waals surface area contributed by atoms with Crippen molar-refractivity contribution in [3.05, 3.63) is 59.7 Å². The van der Waals surface area contributed by atoms with E-state index in [0.29, 0.717) is 12.6 Å². The summed E-state index contributed by atoms with van der Waals surface area (Å²) in [6.07, 6.45) is 1.73. The summed E-state index contributed by atoms with van der Waals surface area (Å²) in [5.74, 6) is 0.131. The monoisotopic (exact) mass is 323 g/mol. The number of likely N-dealkylation sites (tertiary alicyclic amines) is 1. The molecule has 1 aliphatic carbocycles. The second-order valence-electron chi connectivity index (χ2n) is 6.73. The molecule has 1 aliphatic heterocycles. The van der Waals surface area contributed by atoms with Crippen LogP contribution < -0.4 is 5.73 Å². The Bertz CT molecular complexity index is 705. The van der Waals surface area contributed by atoms with Crippen LogP contribution in [0.5, 0.6) is 0 Å². The van der Waals surface area contributed by atoms with Crippen molar-refractivity contribution in [2.45, 2.75) is 24.8 Å². The minimum Gasteiger partial charge on any atom is -0.448 e. The largest absolute Gasteiger partial charge is 0.448 e. The summed E-state index contributed by atoms with van der Waals surface area (Å²) < 4.78 is 5.68. The minimum absolute atomic E-state index is 0.131. The quantitative estimate of drug-likeness (QED) is 0.924. The maximum atomic E-state index is 12.4. The van der Waals surface area contributed by atoms with Crippen molar-refractivity contribution in [1.29, 1.82) is 0 Å². The molecule has 1 saturated heterocycles. The van der Waals surface area contributed by atoms with Gasteiger partial charge in [0.1, 0.15) is 6.61 Å². The lowest BCUT2D eigenvalue weighted by Crippen LogP contribution is -2.64. The number of hydrogen-bond acceptors (Lipinski definition) is 2. The second-order valence-corrected chi connectivity index (χ2v) is 6.73. The van der Waals surface area contributed by atoms with E-state index in [9.17, 15) is 4.79 Å². The molecule has 1 heterocycles. The first kappa shape index (κ1) is 15.2. The molecular formula is C20H23N2O2+. The number of piperidine rings is 1. The van der Waals surface area contributed by atoms with Gasteiger partial charge in [-0.1, -0.05) is 48.5 Å². The van der Waals surface area contributed by atoms with E-state index < -0.39 is 0 Å². The summed E-state index contributed by atoms with van der Waals surface area (Å²) in [6.45, 7) is 1.91. The molecule has 0 unspecified atom stereocenters. The van der Waals surface area contributed by atoms with Crippen LogP contribution in [0, 0.1) is 0 Å². The molecule has 4 nitrogen and oxygen atoms in total. The molecule has 4 heteroatoms. The van der Waals surface area contributed by atoms with Crippen LogP contribution in [0.2, 0.25) is 0 Å². The van der Waals surface area contributed by atoms with E-state index in [-0.39, 0.29) is 12.0 Å². The zero-order chi connectivity index (χ0) is 16.5. The fraction of sp³-hybridized carbons (Fsp3) is 0.350. The van der Waals surface area contributed by atoms with Crippen molar-refractivity contribution >= 4 is 6.09 Å². The van der Waals surface area contributed by atoms with Crippen LogP contribution >= 0.6 is 0 Å². The van der Waals surface area contributed by atoms with Crippen molar-refractivity contribution in [2.24, 2.45) is 0 Å². The average molecular weight is 323 g/mol. The molecule has 1 fully saturated rings. The second kappa shape index (κ2) is 6.29. The lowest BCUT2D eigenvalue weighted by Gasteiger charge is -2.28. The number of amides is 1. The van der Waals surface area contributed by atoms with Gasteiger partial charge in [-0.2, -0.15) is 0 Å². The highest BCUT2D eigenvalue weighted by atomic mass is 16.6. The smallest absolute Gasteiger partial charge is 0.409 e. The van der Waals surface area contributed by atoms with Crippen molar-refractivity contribution in [3.63, 3.8) is 0 Å². The number of nitrogens with zero attached hydrogens (tertiary/aromatic N) is 1. The zero-order valence-corrected chi connectivity index (χ0v) is 13.8. The predicted octanol–water partition coefficient (Wildman–Crippen LogP) is 2.64. The van der Waals surface area contributed by atoms with Crippen molar-refractivity contribution in [3.8, 4) is 11.1 Å². The number of fused-ring (bicyclic) bond motifs is 3. The fourth-order valence-electron chi connectivity index (χ4n) is 3.80. The van der Waals surface area contributed by atoms with Gasteiger partial charge < -0.3 is 15.4 Å². The summed E-state index contributed by atoms with van der Waals surface area (Å²) in [7, 11) is 0. The van der Waals surface area contributed by atoms with E-state index >= 15 is 0 Å². The van der Waals surface area contributed by atoms with Gasteiger partial charge in [0, 0.05) is 31.8 Å². The minimum atomic E-state index is -0.191. The van der Waals surface area contributed by atoms with Crippen LogP contribution in [0.1, 0.15) is 29.9 Å². The molecule has 0 atom stereocenters. The van der Waals surface area contributed by atoms with E-state index in [0.717, 1.165) is 25.9 Å². The zero-order valence-electron chi connectivity index (χ0n) is 13.8. The third-order valence-electron chi connectivity index (χ3n) is 5.21. The van der Waals surface area contributed by atoms with Crippen molar-refractivity contribution in [1.82, 2.24) is 4.90 Å². The summed E-state index contributed by atoms with van der Waals surface area (Å²) in [6, 6.07) is 17.3. The molecule has 0 radical (unpaired) electrons. The first-order valence-electron chi connectivity index (χ1n) is 8.67. The topological polar surface area (TPSA) is 57.2 Å². The fourth-order valence-corrected chi connectivity index (χ4v) is 3.80. The summed E-state index contributed by atoms with van der Waals surface area (Å²) in [5.41, 5.74) is 9.09. The third-order valence-corrected chi connectivity index (χ3v) is 5.21. The molecule has 0 saturated carbocycles. The Balaban J connectivity index is 1.50. The van der Waals surface area contributed by atoms with Gasteiger partial charge in [0.2, 0.25) is 0 Å². The molecule has 2 aromatic rings. The molecule has 3 N–H and O–H groups in total. The Hall–Kier alpha value is -2.33. The Morgan fingerprint density at radius 2 is 1.54 bits per heavy atom. The van der Waals surface area contributed by atoms with Crippen molar-refractivity contribution in [2.75, 3.05) is 19.7 Å². The summed E-state index contributed by atoms with van der Waals surface area (Å²) in [4.78, 5) is 14.2. The third kappa shape index (κ3) is 2.67. The molecule has 0 bridgehead atoms. The molecule has 24 heavy (non-hydrogen) atoms. The van der Waals surface area contributed by atoms with Gasteiger partial charge in [0.25, 0.3) is 0 Å². The number of carbonyl (C=O) groups excluding carboxylic acids is 1. The molecule has 2 aliphatic rings. The molecule has 124 valence electrons. The SMILES string of the molecule is [NH3+]C1CCN(C(=O)OCC2c3ccccc3-c3ccccc32)CC1. The van der Waals surface area contributed by atoms with E-state index in [1.54, 1.807) is 0 Å². The van der Waals surface area contributed by atoms with E-state index in [2.05, 4.69) is 54.3 Å². The van der Waals surface area contributed by atoms with Gasteiger partial charge in [0.15, 0.2) is 0 Å². The van der Waals surface area contributed by atoms with Gasteiger partial charge in [-0.05, 0) is 22.3 Å². The van der Waals surface area contributed by atoms with E-state index in [1.165, 1.54) is 22.3 Å². The molecule has 0 aromatic heterocycles. The van der Waals surface area contributed by atoms with Crippen molar-refractivity contribution < 1.29 is 15.3 Å². The van der Waals surface area contributed by atoms with Gasteiger partial charge >= 0.3 is 6.09 Å². The highest BCUT2D eigenvalue weighted by molar-refractivity contribution is 5.79. The molecular weight excluding hydrogens is 300 g/mol. The highest BCUT2D eigenvalue weighted by Crippen LogP contribution is 2.44. The summed E-state index contributed by atoms with van der Waals surface area (Å²) in [5, 5.41) is 0. The Labute approximate surface area is 142 Å². The van der Waals surface area contributed by atoms with E-state index in [1.807, 2.05) is 4.90 Å². The van der Waals surface area contributed by atoms with Crippen LogP contribution in [0.3, 0.4) is 0 Å². The summed E-state index contributed by atoms with van der Waals surface area (Å²) >= 11 is 0. The Kier molecular flexibility index (Phi) is 3.98.